The van der Waals surface area contributed by atoms with Gasteiger partial charge in [-0.05, 0) is 39.5 Å². The van der Waals surface area contributed by atoms with E-state index in [-0.39, 0.29) is 17.9 Å². The molecule has 2 rings (SSSR count). The van der Waals surface area contributed by atoms with Gasteiger partial charge in [0, 0.05) is 13.2 Å². The molecule has 1 saturated carbocycles. The third-order valence-corrected chi connectivity index (χ3v) is 3.58. The van der Waals surface area contributed by atoms with Crippen LogP contribution in [0.5, 0.6) is 0 Å². The van der Waals surface area contributed by atoms with Gasteiger partial charge in [0.25, 0.3) is 0 Å². The Morgan fingerprint density at radius 2 is 2.06 bits per heavy atom. The lowest BCUT2D eigenvalue weighted by Crippen LogP contribution is -2.69. The van der Waals surface area contributed by atoms with E-state index in [9.17, 15) is 9.59 Å². The minimum absolute atomic E-state index is 0.00120. The summed E-state index contributed by atoms with van der Waals surface area (Å²) in [4.78, 5) is 26.2. The monoisotopic (exact) mass is 254 g/mol. The zero-order valence-electron chi connectivity index (χ0n) is 11.4. The van der Waals surface area contributed by atoms with Gasteiger partial charge in [-0.25, -0.2) is 0 Å². The van der Waals surface area contributed by atoms with Crippen LogP contribution in [0.2, 0.25) is 0 Å². The lowest BCUT2D eigenvalue weighted by molar-refractivity contribution is -0.155. The van der Waals surface area contributed by atoms with Crippen LogP contribution in [0.15, 0.2) is 0 Å². The van der Waals surface area contributed by atoms with Gasteiger partial charge in [0.05, 0.1) is 6.61 Å². The molecule has 5 nitrogen and oxygen atoms in total. The molecule has 1 aliphatic heterocycles. The molecule has 1 unspecified atom stereocenters. The van der Waals surface area contributed by atoms with Gasteiger partial charge in [0.1, 0.15) is 11.6 Å². The number of ether oxygens (including phenoxy) is 1. The van der Waals surface area contributed by atoms with E-state index in [4.69, 9.17) is 4.74 Å². The van der Waals surface area contributed by atoms with E-state index in [0.29, 0.717) is 25.7 Å². The fourth-order valence-electron chi connectivity index (χ4n) is 2.49. The SMILES string of the molecule is CCOCCN1C(=O)C(C)(C)NC(=O)C1C1CC1. The van der Waals surface area contributed by atoms with Crippen LogP contribution in [-0.4, -0.2) is 48.1 Å². The molecule has 5 heteroatoms. The fraction of sp³-hybridized carbons (Fsp3) is 0.846. The van der Waals surface area contributed by atoms with Gasteiger partial charge in [-0.3, -0.25) is 9.59 Å². The largest absolute Gasteiger partial charge is 0.380 e. The molecule has 1 N–H and O–H groups in total. The zero-order chi connectivity index (χ0) is 13.3. The van der Waals surface area contributed by atoms with Gasteiger partial charge in [0.15, 0.2) is 0 Å². The Bertz CT molecular complexity index is 350. The molecule has 2 amide bonds. The summed E-state index contributed by atoms with van der Waals surface area (Å²) in [6.07, 6.45) is 2.08. The number of carbonyl (C=O) groups excluding carboxylic acids is 2. The minimum atomic E-state index is -0.797. The molecule has 0 aromatic carbocycles. The number of amides is 2. The first kappa shape index (κ1) is 13.3. The third-order valence-electron chi connectivity index (χ3n) is 3.58. The summed E-state index contributed by atoms with van der Waals surface area (Å²) < 4.78 is 5.31. The second-order valence-electron chi connectivity index (χ2n) is 5.59. The van der Waals surface area contributed by atoms with E-state index in [0.717, 1.165) is 12.8 Å². The molecule has 1 saturated heterocycles. The molecule has 1 heterocycles. The molecule has 1 aliphatic carbocycles. The summed E-state index contributed by atoms with van der Waals surface area (Å²) in [5, 5.41) is 2.83. The predicted molar refractivity (Wildman–Crippen MR) is 66.9 cm³/mol. The van der Waals surface area contributed by atoms with E-state index in [1.54, 1.807) is 18.7 Å². The maximum absolute atomic E-state index is 12.4. The molecular formula is C13H22N2O3. The first-order valence-electron chi connectivity index (χ1n) is 6.68. The van der Waals surface area contributed by atoms with Crippen LogP contribution in [0, 0.1) is 5.92 Å². The van der Waals surface area contributed by atoms with Crippen molar-refractivity contribution in [2.75, 3.05) is 19.8 Å². The average Bonchev–Trinajstić information content (AvgIpc) is 3.09. The fourth-order valence-corrected chi connectivity index (χ4v) is 2.49. The van der Waals surface area contributed by atoms with Crippen LogP contribution in [0.4, 0.5) is 0 Å². The standard InChI is InChI=1S/C13H22N2O3/c1-4-18-8-7-15-10(9-5-6-9)11(16)14-13(2,3)12(15)17/h9-10H,4-8H2,1-3H3,(H,14,16). The predicted octanol–water partition coefficient (Wildman–Crippen LogP) is 0.538. The second kappa shape index (κ2) is 4.88. The van der Waals surface area contributed by atoms with Gasteiger partial charge >= 0.3 is 0 Å². The normalized spacial score (nSPS) is 27.3. The zero-order valence-corrected chi connectivity index (χ0v) is 11.4. The highest BCUT2D eigenvalue weighted by Gasteiger charge is 2.50. The number of carbonyl (C=O) groups is 2. The average molecular weight is 254 g/mol. The first-order valence-corrected chi connectivity index (χ1v) is 6.68. The number of nitrogens with one attached hydrogen (secondary N) is 1. The van der Waals surface area contributed by atoms with E-state index < -0.39 is 5.54 Å². The summed E-state index contributed by atoms with van der Waals surface area (Å²) in [5.41, 5.74) is -0.797. The molecule has 2 fully saturated rings. The van der Waals surface area contributed by atoms with Crippen molar-refractivity contribution in [3.8, 4) is 0 Å². The molecule has 0 spiro atoms. The molecule has 0 aromatic rings. The molecule has 1 atom stereocenters. The molecule has 0 aromatic heterocycles. The van der Waals surface area contributed by atoms with Crippen LogP contribution in [-0.2, 0) is 14.3 Å². The van der Waals surface area contributed by atoms with E-state index in [1.807, 2.05) is 6.92 Å². The maximum atomic E-state index is 12.4. The third kappa shape index (κ3) is 2.51. The van der Waals surface area contributed by atoms with Crippen LogP contribution < -0.4 is 5.32 Å². The van der Waals surface area contributed by atoms with Gasteiger partial charge in [-0.2, -0.15) is 0 Å². The lowest BCUT2D eigenvalue weighted by atomic mass is 9.95. The lowest BCUT2D eigenvalue weighted by Gasteiger charge is -2.43. The minimum Gasteiger partial charge on any atom is -0.380 e. The van der Waals surface area contributed by atoms with Crippen LogP contribution >= 0.6 is 0 Å². The van der Waals surface area contributed by atoms with Crippen molar-refractivity contribution < 1.29 is 14.3 Å². The van der Waals surface area contributed by atoms with E-state index >= 15 is 0 Å². The Labute approximate surface area is 108 Å². The highest BCUT2D eigenvalue weighted by Crippen LogP contribution is 2.37. The first-order chi connectivity index (χ1) is 8.47. The number of hydrogen-bond donors (Lipinski definition) is 1. The molecule has 2 aliphatic rings. The Morgan fingerprint density at radius 1 is 1.39 bits per heavy atom. The van der Waals surface area contributed by atoms with Gasteiger partial charge in [-0.1, -0.05) is 0 Å². The smallest absolute Gasteiger partial charge is 0.248 e. The van der Waals surface area contributed by atoms with Crippen molar-refractivity contribution in [1.29, 1.82) is 0 Å². The van der Waals surface area contributed by atoms with Gasteiger partial charge < -0.3 is 15.0 Å². The number of rotatable bonds is 5. The number of nitrogens with zero attached hydrogens (tertiary/aromatic N) is 1. The van der Waals surface area contributed by atoms with Crippen molar-refractivity contribution in [2.45, 2.75) is 45.2 Å². The topological polar surface area (TPSA) is 58.6 Å². The number of hydrogen-bond acceptors (Lipinski definition) is 3. The summed E-state index contributed by atoms with van der Waals surface area (Å²) in [6.45, 7) is 7.06. The van der Waals surface area contributed by atoms with Crippen LogP contribution in [0.25, 0.3) is 0 Å². The Morgan fingerprint density at radius 3 is 2.61 bits per heavy atom. The summed E-state index contributed by atoms with van der Waals surface area (Å²) in [7, 11) is 0. The number of piperazine rings is 1. The second-order valence-corrected chi connectivity index (χ2v) is 5.59. The highest BCUT2D eigenvalue weighted by molar-refractivity contribution is 5.99. The van der Waals surface area contributed by atoms with Crippen molar-refractivity contribution >= 4 is 11.8 Å². The Kier molecular flexibility index (Phi) is 3.61. The molecular weight excluding hydrogens is 232 g/mol. The van der Waals surface area contributed by atoms with Crippen molar-refractivity contribution in [2.24, 2.45) is 5.92 Å². The molecule has 18 heavy (non-hydrogen) atoms. The van der Waals surface area contributed by atoms with E-state index in [2.05, 4.69) is 5.32 Å². The summed E-state index contributed by atoms with van der Waals surface area (Å²) in [5.74, 6) is 0.323. The summed E-state index contributed by atoms with van der Waals surface area (Å²) in [6, 6.07) is -0.286. The van der Waals surface area contributed by atoms with E-state index in [1.165, 1.54) is 0 Å². The Balaban J connectivity index is 2.11. The molecule has 0 radical (unpaired) electrons. The van der Waals surface area contributed by atoms with Crippen molar-refractivity contribution in [3.05, 3.63) is 0 Å². The highest BCUT2D eigenvalue weighted by atomic mass is 16.5. The van der Waals surface area contributed by atoms with Crippen molar-refractivity contribution in [1.82, 2.24) is 10.2 Å². The van der Waals surface area contributed by atoms with Gasteiger partial charge in [-0.15, -0.1) is 0 Å². The quantitative estimate of drug-likeness (QED) is 0.728. The molecule has 0 bridgehead atoms. The maximum Gasteiger partial charge on any atom is 0.248 e. The Hall–Kier alpha value is -1.10. The van der Waals surface area contributed by atoms with Crippen molar-refractivity contribution in [3.63, 3.8) is 0 Å². The van der Waals surface area contributed by atoms with Crippen LogP contribution in [0.3, 0.4) is 0 Å². The van der Waals surface area contributed by atoms with Gasteiger partial charge in [0.2, 0.25) is 11.8 Å². The van der Waals surface area contributed by atoms with Crippen LogP contribution in [0.1, 0.15) is 33.6 Å². The summed E-state index contributed by atoms with van der Waals surface area (Å²) >= 11 is 0. The molecule has 102 valence electrons.